The molecule has 1 amide bonds. The first-order valence-corrected chi connectivity index (χ1v) is 6.10. The van der Waals surface area contributed by atoms with Crippen molar-refractivity contribution in [2.45, 2.75) is 25.3 Å². The highest BCUT2D eigenvalue weighted by Gasteiger charge is 2.33. The third-order valence-corrected chi connectivity index (χ3v) is 3.28. The molecule has 7 heteroatoms. The molecule has 1 saturated heterocycles. The van der Waals surface area contributed by atoms with Gasteiger partial charge >= 0.3 is 5.97 Å². The molecule has 1 aromatic carbocycles. The van der Waals surface area contributed by atoms with E-state index in [-0.39, 0.29) is 13.0 Å². The Hall–Kier alpha value is -2.05. The van der Waals surface area contributed by atoms with Crippen molar-refractivity contribution >= 4 is 11.9 Å². The number of halogens is 3. The average Bonchev–Trinajstić information content (AvgIpc) is 2.43. The van der Waals surface area contributed by atoms with Gasteiger partial charge in [0.1, 0.15) is 6.04 Å². The summed E-state index contributed by atoms with van der Waals surface area (Å²) in [7, 11) is 0. The minimum atomic E-state index is -1.66. The van der Waals surface area contributed by atoms with E-state index in [2.05, 4.69) is 0 Å². The number of hydrogen-bond donors (Lipinski definition) is 1. The zero-order valence-corrected chi connectivity index (χ0v) is 10.4. The summed E-state index contributed by atoms with van der Waals surface area (Å²) in [6, 6.07) is 0.134. The highest BCUT2D eigenvalue weighted by Crippen LogP contribution is 2.21. The van der Waals surface area contributed by atoms with Crippen molar-refractivity contribution in [3.63, 3.8) is 0 Å². The van der Waals surface area contributed by atoms with Gasteiger partial charge in [0.25, 0.3) is 5.91 Å². The highest BCUT2D eigenvalue weighted by molar-refractivity contribution is 5.96. The van der Waals surface area contributed by atoms with Crippen LogP contribution in [0.5, 0.6) is 0 Å². The quantitative estimate of drug-likeness (QED) is 0.848. The number of carboxylic acids is 1. The van der Waals surface area contributed by atoms with E-state index in [0.717, 1.165) is 4.90 Å². The van der Waals surface area contributed by atoms with Crippen LogP contribution in [-0.4, -0.2) is 34.5 Å². The van der Waals surface area contributed by atoms with Crippen molar-refractivity contribution in [2.24, 2.45) is 0 Å². The summed E-state index contributed by atoms with van der Waals surface area (Å²) >= 11 is 0. The molecule has 1 N–H and O–H groups in total. The number of carbonyl (C=O) groups is 2. The van der Waals surface area contributed by atoms with Crippen LogP contribution in [0.3, 0.4) is 0 Å². The van der Waals surface area contributed by atoms with Crippen LogP contribution < -0.4 is 0 Å². The maximum atomic E-state index is 13.1. The van der Waals surface area contributed by atoms with E-state index < -0.39 is 40.9 Å². The summed E-state index contributed by atoms with van der Waals surface area (Å²) in [5.74, 6) is -6.58. The Kier molecular flexibility index (Phi) is 3.96. The monoisotopic (exact) mass is 287 g/mol. The molecule has 0 radical (unpaired) electrons. The molecule has 0 aromatic heterocycles. The van der Waals surface area contributed by atoms with E-state index in [1.807, 2.05) is 0 Å². The van der Waals surface area contributed by atoms with Gasteiger partial charge in [-0.2, -0.15) is 0 Å². The molecular weight excluding hydrogens is 275 g/mol. The summed E-state index contributed by atoms with van der Waals surface area (Å²) in [5.41, 5.74) is -0.394. The summed E-state index contributed by atoms with van der Waals surface area (Å²) < 4.78 is 39.1. The summed E-state index contributed by atoms with van der Waals surface area (Å²) in [4.78, 5) is 24.3. The van der Waals surface area contributed by atoms with Crippen LogP contribution >= 0.6 is 0 Å². The number of carboxylic acid groups (broad SMARTS) is 1. The number of carbonyl (C=O) groups excluding carboxylic acids is 1. The fraction of sp³-hybridized carbons (Fsp3) is 0.385. The molecule has 108 valence electrons. The van der Waals surface area contributed by atoms with Crippen LogP contribution in [0.25, 0.3) is 0 Å². The topological polar surface area (TPSA) is 57.6 Å². The van der Waals surface area contributed by atoms with Crippen LogP contribution in [-0.2, 0) is 4.79 Å². The minimum absolute atomic E-state index is 0.191. The Labute approximate surface area is 112 Å². The van der Waals surface area contributed by atoms with Gasteiger partial charge in [-0.3, -0.25) is 4.79 Å². The third kappa shape index (κ3) is 2.61. The standard InChI is InChI=1S/C13H12F3NO3/c14-8-5-7(6-9(15)11(8)16)12(18)17-4-2-1-3-10(17)13(19)20/h5-6,10H,1-4H2,(H,19,20). The Morgan fingerprint density at radius 2 is 1.75 bits per heavy atom. The molecular formula is C13H12F3NO3. The molecule has 1 unspecified atom stereocenters. The van der Waals surface area contributed by atoms with Crippen molar-refractivity contribution in [1.29, 1.82) is 0 Å². The van der Waals surface area contributed by atoms with Crippen LogP contribution in [0.15, 0.2) is 12.1 Å². The van der Waals surface area contributed by atoms with Crippen molar-refractivity contribution in [3.05, 3.63) is 35.1 Å². The minimum Gasteiger partial charge on any atom is -0.480 e. The molecule has 0 saturated carbocycles. The van der Waals surface area contributed by atoms with Crippen molar-refractivity contribution in [1.82, 2.24) is 4.90 Å². The third-order valence-electron chi connectivity index (χ3n) is 3.28. The molecule has 0 spiro atoms. The van der Waals surface area contributed by atoms with E-state index in [0.29, 0.717) is 25.0 Å². The lowest BCUT2D eigenvalue weighted by Crippen LogP contribution is -2.48. The van der Waals surface area contributed by atoms with Gasteiger partial charge in [0.15, 0.2) is 17.5 Å². The molecule has 20 heavy (non-hydrogen) atoms. The second-order valence-electron chi connectivity index (χ2n) is 4.60. The smallest absolute Gasteiger partial charge is 0.326 e. The van der Waals surface area contributed by atoms with Gasteiger partial charge < -0.3 is 10.0 Å². The van der Waals surface area contributed by atoms with E-state index in [1.165, 1.54) is 0 Å². The average molecular weight is 287 g/mol. The Bertz CT molecular complexity index is 539. The number of likely N-dealkylation sites (tertiary alicyclic amines) is 1. The van der Waals surface area contributed by atoms with Gasteiger partial charge in [0.05, 0.1) is 0 Å². The first-order chi connectivity index (χ1) is 9.41. The van der Waals surface area contributed by atoms with Gasteiger partial charge in [-0.15, -0.1) is 0 Å². The van der Waals surface area contributed by atoms with Crippen LogP contribution in [0.1, 0.15) is 29.6 Å². The SMILES string of the molecule is O=C(O)C1CCCCN1C(=O)c1cc(F)c(F)c(F)c1. The van der Waals surface area contributed by atoms with E-state index >= 15 is 0 Å². The Morgan fingerprint density at radius 3 is 2.30 bits per heavy atom. The number of piperidine rings is 1. The Balaban J connectivity index is 2.32. The van der Waals surface area contributed by atoms with Crippen LogP contribution in [0.4, 0.5) is 13.2 Å². The molecule has 1 heterocycles. The lowest BCUT2D eigenvalue weighted by atomic mass is 10.0. The fourth-order valence-corrected chi connectivity index (χ4v) is 2.28. The van der Waals surface area contributed by atoms with E-state index in [1.54, 1.807) is 0 Å². The second-order valence-corrected chi connectivity index (χ2v) is 4.60. The summed E-state index contributed by atoms with van der Waals surface area (Å²) in [5, 5.41) is 9.06. The van der Waals surface area contributed by atoms with Crippen molar-refractivity contribution in [2.75, 3.05) is 6.54 Å². The lowest BCUT2D eigenvalue weighted by molar-refractivity contribution is -0.143. The lowest BCUT2D eigenvalue weighted by Gasteiger charge is -2.33. The number of aliphatic carboxylic acids is 1. The van der Waals surface area contributed by atoms with Gasteiger partial charge in [0, 0.05) is 12.1 Å². The predicted molar refractivity (Wildman–Crippen MR) is 62.6 cm³/mol. The van der Waals surface area contributed by atoms with Crippen molar-refractivity contribution in [3.8, 4) is 0 Å². The van der Waals surface area contributed by atoms with E-state index in [9.17, 15) is 22.8 Å². The molecule has 1 aliphatic rings. The summed E-state index contributed by atoms with van der Waals surface area (Å²) in [6.45, 7) is 0.191. The largest absolute Gasteiger partial charge is 0.480 e. The molecule has 1 fully saturated rings. The van der Waals surface area contributed by atoms with Crippen molar-refractivity contribution < 1.29 is 27.9 Å². The number of benzene rings is 1. The number of amides is 1. The predicted octanol–water partition coefficient (Wildman–Crippen LogP) is 2.18. The molecule has 0 aliphatic carbocycles. The molecule has 2 rings (SSSR count). The van der Waals surface area contributed by atoms with Crippen LogP contribution in [0, 0.1) is 17.5 Å². The normalized spacial score (nSPS) is 18.9. The number of nitrogens with zero attached hydrogens (tertiary/aromatic N) is 1. The molecule has 4 nitrogen and oxygen atoms in total. The molecule has 1 aliphatic heterocycles. The van der Waals surface area contributed by atoms with Gasteiger partial charge in [-0.05, 0) is 31.4 Å². The first kappa shape index (κ1) is 14.4. The molecule has 1 aromatic rings. The zero-order valence-electron chi connectivity index (χ0n) is 10.4. The second kappa shape index (κ2) is 5.52. The molecule has 1 atom stereocenters. The van der Waals surface area contributed by atoms with Gasteiger partial charge in [0.2, 0.25) is 0 Å². The summed E-state index contributed by atoms with van der Waals surface area (Å²) in [6.07, 6.45) is 1.56. The zero-order chi connectivity index (χ0) is 14.9. The van der Waals surface area contributed by atoms with E-state index in [4.69, 9.17) is 5.11 Å². The maximum Gasteiger partial charge on any atom is 0.326 e. The number of rotatable bonds is 2. The fourth-order valence-electron chi connectivity index (χ4n) is 2.28. The van der Waals surface area contributed by atoms with Gasteiger partial charge in [-0.25, -0.2) is 18.0 Å². The maximum absolute atomic E-state index is 13.1. The van der Waals surface area contributed by atoms with Gasteiger partial charge in [-0.1, -0.05) is 0 Å². The first-order valence-electron chi connectivity index (χ1n) is 6.10. The Morgan fingerprint density at radius 1 is 1.15 bits per heavy atom. The van der Waals surface area contributed by atoms with Crippen LogP contribution in [0.2, 0.25) is 0 Å². The molecule has 0 bridgehead atoms. The number of hydrogen-bond acceptors (Lipinski definition) is 2. The highest BCUT2D eigenvalue weighted by atomic mass is 19.2.